The molecule has 0 aromatic heterocycles. The van der Waals surface area contributed by atoms with Crippen molar-refractivity contribution in [1.29, 1.82) is 0 Å². The van der Waals surface area contributed by atoms with Crippen LogP contribution in [0.3, 0.4) is 0 Å². The molecule has 1 amide bonds. The van der Waals surface area contributed by atoms with Crippen LogP contribution >= 0.6 is 0 Å². The lowest BCUT2D eigenvalue weighted by atomic mass is 10.1. The first-order valence-electron chi connectivity index (χ1n) is 8.83. The molecule has 0 saturated heterocycles. The smallest absolute Gasteiger partial charge is 0.368 e. The molecule has 3 rings (SSSR count). The largest absolute Gasteiger partial charge is 0.416 e. The lowest BCUT2D eigenvalue weighted by Gasteiger charge is -2.23. The Kier molecular flexibility index (Phi) is 6.03. The molecule has 162 valence electrons. The van der Waals surface area contributed by atoms with Crippen LogP contribution in [-0.2, 0) is 21.0 Å². The van der Waals surface area contributed by atoms with Crippen LogP contribution in [0.4, 0.5) is 23.2 Å². The molecule has 0 atom stereocenters. The molecule has 0 aliphatic heterocycles. The van der Waals surface area contributed by atoms with Crippen LogP contribution in [0.2, 0.25) is 0 Å². The lowest BCUT2D eigenvalue weighted by Crippen LogP contribution is -2.38. The van der Waals surface area contributed by atoms with Gasteiger partial charge in [-0.3, -0.25) is 9.10 Å². The van der Waals surface area contributed by atoms with Crippen LogP contribution in [0.5, 0.6) is 0 Å². The molecule has 0 heterocycles. The monoisotopic (exact) mass is 452 g/mol. The summed E-state index contributed by atoms with van der Waals surface area (Å²) in [5, 5.41) is 0. The summed E-state index contributed by atoms with van der Waals surface area (Å²) in [6.45, 7) is -0.757. The first-order chi connectivity index (χ1) is 14.5. The maximum absolute atomic E-state index is 13.1. The van der Waals surface area contributed by atoms with Gasteiger partial charge in [-0.25, -0.2) is 12.8 Å². The van der Waals surface area contributed by atoms with E-state index in [9.17, 15) is 30.8 Å². The molecule has 0 aliphatic carbocycles. The zero-order chi connectivity index (χ0) is 22.8. The molecule has 0 fully saturated rings. The van der Waals surface area contributed by atoms with Gasteiger partial charge >= 0.3 is 6.18 Å². The molecule has 3 aromatic carbocycles. The summed E-state index contributed by atoms with van der Waals surface area (Å²) in [4.78, 5) is 11.3. The predicted molar refractivity (Wildman–Crippen MR) is 107 cm³/mol. The number of primary amides is 1. The molecule has 2 N–H and O–H groups in total. The number of halogens is 4. The molecular weight excluding hydrogens is 436 g/mol. The summed E-state index contributed by atoms with van der Waals surface area (Å²) in [6.07, 6.45) is -4.60. The summed E-state index contributed by atoms with van der Waals surface area (Å²) in [7, 11) is -4.31. The molecule has 0 spiro atoms. The van der Waals surface area contributed by atoms with Crippen LogP contribution < -0.4 is 10.0 Å². The van der Waals surface area contributed by atoms with Crippen molar-refractivity contribution < 1.29 is 30.8 Å². The Morgan fingerprint density at radius 3 is 1.77 bits per heavy atom. The normalized spacial score (nSPS) is 11.9. The van der Waals surface area contributed by atoms with Gasteiger partial charge in [-0.1, -0.05) is 24.3 Å². The zero-order valence-electron chi connectivity index (χ0n) is 15.8. The van der Waals surface area contributed by atoms with Crippen molar-refractivity contribution in [2.45, 2.75) is 11.1 Å². The average Bonchev–Trinajstić information content (AvgIpc) is 2.72. The highest BCUT2D eigenvalue weighted by atomic mass is 32.2. The Labute approximate surface area is 175 Å². The van der Waals surface area contributed by atoms with Crippen LogP contribution in [0, 0.1) is 5.82 Å². The van der Waals surface area contributed by atoms with Crippen LogP contribution in [-0.4, -0.2) is 20.9 Å². The molecule has 0 bridgehead atoms. The number of anilines is 1. The Morgan fingerprint density at radius 2 is 1.32 bits per heavy atom. The van der Waals surface area contributed by atoms with Gasteiger partial charge in [0.15, 0.2) is 0 Å². The maximum Gasteiger partial charge on any atom is 0.416 e. The van der Waals surface area contributed by atoms with Crippen LogP contribution in [0.15, 0.2) is 77.7 Å². The third kappa shape index (κ3) is 5.02. The Morgan fingerprint density at radius 1 is 0.839 bits per heavy atom. The second kappa shape index (κ2) is 8.38. The van der Waals surface area contributed by atoms with Gasteiger partial charge in [-0.15, -0.1) is 0 Å². The van der Waals surface area contributed by atoms with Crippen molar-refractivity contribution in [2.24, 2.45) is 5.73 Å². The van der Waals surface area contributed by atoms with E-state index in [0.29, 0.717) is 15.4 Å². The summed E-state index contributed by atoms with van der Waals surface area (Å²) in [5.74, 6) is -1.40. The zero-order valence-corrected chi connectivity index (χ0v) is 16.6. The number of nitrogens with zero attached hydrogens (tertiary/aromatic N) is 1. The number of alkyl halides is 3. The SMILES string of the molecule is NC(=O)CN(c1ccc(C(F)(F)F)cc1)S(=O)(=O)c1ccc(-c2ccc(F)cc2)cc1. The van der Waals surface area contributed by atoms with Gasteiger partial charge in [0, 0.05) is 0 Å². The Hall–Kier alpha value is -3.40. The number of hydrogen-bond acceptors (Lipinski definition) is 3. The van der Waals surface area contributed by atoms with E-state index in [1.807, 2.05) is 0 Å². The number of nitrogens with two attached hydrogens (primary N) is 1. The number of hydrogen-bond donors (Lipinski definition) is 1. The van der Waals surface area contributed by atoms with Gasteiger partial charge in [0.1, 0.15) is 12.4 Å². The first kappa shape index (κ1) is 22.3. The Balaban J connectivity index is 1.97. The summed E-state index contributed by atoms with van der Waals surface area (Å²) in [6, 6.07) is 14.5. The molecular formula is C21H16F4N2O3S. The number of amides is 1. The summed E-state index contributed by atoms with van der Waals surface area (Å²) in [5.41, 5.74) is 5.33. The molecule has 0 radical (unpaired) electrons. The van der Waals surface area contributed by atoms with Crippen LogP contribution in [0.1, 0.15) is 5.56 Å². The van der Waals surface area contributed by atoms with E-state index in [4.69, 9.17) is 5.73 Å². The minimum absolute atomic E-state index is 0.144. The van der Waals surface area contributed by atoms with Crippen molar-refractivity contribution in [2.75, 3.05) is 10.8 Å². The van der Waals surface area contributed by atoms with E-state index in [0.717, 1.165) is 24.3 Å². The molecule has 0 unspecified atom stereocenters. The maximum atomic E-state index is 13.1. The average molecular weight is 452 g/mol. The van der Waals surface area contributed by atoms with Gasteiger partial charge in [-0.05, 0) is 59.7 Å². The van der Waals surface area contributed by atoms with Crippen molar-refractivity contribution in [3.8, 4) is 11.1 Å². The number of rotatable bonds is 6. The topological polar surface area (TPSA) is 80.5 Å². The summed E-state index contributed by atoms with van der Waals surface area (Å²) >= 11 is 0. The number of benzene rings is 3. The van der Waals surface area contributed by atoms with Gasteiger partial charge < -0.3 is 5.73 Å². The number of sulfonamides is 1. The third-order valence-corrected chi connectivity index (χ3v) is 6.19. The van der Waals surface area contributed by atoms with Gasteiger partial charge in [0.05, 0.1) is 16.1 Å². The molecule has 0 saturated carbocycles. The van der Waals surface area contributed by atoms with Gasteiger partial charge in [0.25, 0.3) is 10.0 Å². The second-order valence-corrected chi connectivity index (χ2v) is 8.42. The minimum atomic E-state index is -4.60. The third-order valence-electron chi connectivity index (χ3n) is 4.40. The van der Waals surface area contributed by atoms with Crippen LogP contribution in [0.25, 0.3) is 11.1 Å². The summed E-state index contributed by atoms with van der Waals surface area (Å²) < 4.78 is 78.3. The quantitative estimate of drug-likeness (QED) is 0.570. The fraction of sp³-hybridized carbons (Fsp3) is 0.0952. The van der Waals surface area contributed by atoms with E-state index < -0.39 is 40.0 Å². The number of carbonyl (C=O) groups excluding carboxylic acids is 1. The molecule has 10 heteroatoms. The van der Waals surface area contributed by atoms with Crippen molar-refractivity contribution >= 4 is 21.6 Å². The lowest BCUT2D eigenvalue weighted by molar-refractivity contribution is -0.137. The first-order valence-corrected chi connectivity index (χ1v) is 10.3. The molecule has 0 aliphatic rings. The minimum Gasteiger partial charge on any atom is -0.368 e. The molecule has 3 aromatic rings. The van der Waals surface area contributed by atoms with E-state index in [-0.39, 0.29) is 10.6 Å². The van der Waals surface area contributed by atoms with Gasteiger partial charge in [-0.2, -0.15) is 13.2 Å². The van der Waals surface area contributed by atoms with Crippen molar-refractivity contribution in [3.63, 3.8) is 0 Å². The fourth-order valence-electron chi connectivity index (χ4n) is 2.86. The number of carbonyl (C=O) groups is 1. The Bertz CT molecular complexity index is 1180. The standard InChI is InChI=1S/C21H16F4N2O3S/c22-17-7-1-14(2-8-17)15-3-11-19(12-4-15)31(29,30)27(13-20(26)28)18-9-5-16(6-10-18)21(23,24)25/h1-12H,13H2,(H2,26,28). The predicted octanol–water partition coefficient (Wildman–Crippen LogP) is 4.19. The van der Waals surface area contributed by atoms with Crippen molar-refractivity contribution in [1.82, 2.24) is 0 Å². The molecule has 5 nitrogen and oxygen atoms in total. The highest BCUT2D eigenvalue weighted by molar-refractivity contribution is 7.92. The highest BCUT2D eigenvalue weighted by Crippen LogP contribution is 2.32. The van der Waals surface area contributed by atoms with Gasteiger partial charge in [0.2, 0.25) is 5.91 Å². The fourth-order valence-corrected chi connectivity index (χ4v) is 4.29. The van der Waals surface area contributed by atoms with E-state index >= 15 is 0 Å². The highest BCUT2D eigenvalue weighted by Gasteiger charge is 2.31. The van der Waals surface area contributed by atoms with Crippen molar-refractivity contribution in [3.05, 3.63) is 84.2 Å². The van der Waals surface area contributed by atoms with E-state index in [1.54, 1.807) is 0 Å². The molecule has 31 heavy (non-hydrogen) atoms. The van der Waals surface area contributed by atoms with E-state index in [2.05, 4.69) is 0 Å². The van der Waals surface area contributed by atoms with E-state index in [1.165, 1.54) is 48.5 Å². The second-order valence-electron chi connectivity index (χ2n) is 6.55.